The molecule has 0 aliphatic carbocycles. The molecular weight excluding hydrogens is 298 g/mol. The van der Waals surface area contributed by atoms with Crippen LogP contribution < -0.4 is 5.32 Å². The van der Waals surface area contributed by atoms with Crippen molar-refractivity contribution in [2.24, 2.45) is 0 Å². The molecule has 1 heterocycles. The molecule has 0 atom stereocenters. The molecule has 0 saturated heterocycles. The van der Waals surface area contributed by atoms with E-state index in [1.54, 1.807) is 6.20 Å². The van der Waals surface area contributed by atoms with Crippen molar-refractivity contribution >= 4 is 5.91 Å². The summed E-state index contributed by atoms with van der Waals surface area (Å²) in [5.74, 6) is 0.934. The Balaban J connectivity index is 1.56. The quantitative estimate of drug-likeness (QED) is 0.758. The van der Waals surface area contributed by atoms with E-state index in [9.17, 15) is 4.79 Å². The summed E-state index contributed by atoms with van der Waals surface area (Å²) in [6, 6.07) is 17.9. The maximum absolute atomic E-state index is 12.2. The second-order valence-corrected chi connectivity index (χ2v) is 5.83. The Morgan fingerprint density at radius 3 is 2.75 bits per heavy atom. The van der Waals surface area contributed by atoms with Gasteiger partial charge in [-0.3, -0.25) is 4.79 Å². The number of imidazole rings is 1. The van der Waals surface area contributed by atoms with Gasteiger partial charge in [0.2, 0.25) is 0 Å². The zero-order chi connectivity index (χ0) is 16.8. The maximum Gasteiger partial charge on any atom is 0.251 e. The number of aryl methyl sites for hydroxylation is 1. The smallest absolute Gasteiger partial charge is 0.251 e. The van der Waals surface area contributed by atoms with E-state index in [4.69, 9.17) is 0 Å². The molecule has 0 spiro atoms. The SMILES string of the molecule is Cc1cccc(C(=O)NCCc2nccn2Cc2ccccc2)c1. The largest absolute Gasteiger partial charge is 0.352 e. The fourth-order valence-electron chi connectivity index (χ4n) is 2.67. The Morgan fingerprint density at radius 1 is 1.12 bits per heavy atom. The van der Waals surface area contributed by atoms with E-state index in [-0.39, 0.29) is 5.91 Å². The van der Waals surface area contributed by atoms with Gasteiger partial charge in [-0.2, -0.15) is 0 Å². The number of carbonyl (C=O) groups excluding carboxylic acids is 1. The Labute approximate surface area is 142 Å². The molecule has 0 bridgehead atoms. The van der Waals surface area contributed by atoms with Crippen LogP contribution in [0.3, 0.4) is 0 Å². The Hall–Kier alpha value is -2.88. The van der Waals surface area contributed by atoms with E-state index in [2.05, 4.69) is 27.0 Å². The minimum absolute atomic E-state index is 0.0418. The van der Waals surface area contributed by atoms with Crippen LogP contribution in [0, 0.1) is 6.92 Å². The number of aromatic nitrogens is 2. The number of carbonyl (C=O) groups is 1. The number of hydrogen-bond donors (Lipinski definition) is 1. The minimum Gasteiger partial charge on any atom is -0.352 e. The molecule has 4 heteroatoms. The first-order chi connectivity index (χ1) is 11.7. The summed E-state index contributed by atoms with van der Waals surface area (Å²) in [5, 5.41) is 2.96. The molecule has 3 rings (SSSR count). The number of rotatable bonds is 6. The first-order valence-corrected chi connectivity index (χ1v) is 8.11. The van der Waals surface area contributed by atoms with Crippen molar-refractivity contribution in [3.8, 4) is 0 Å². The first kappa shape index (κ1) is 16.0. The maximum atomic E-state index is 12.2. The lowest BCUT2D eigenvalue weighted by molar-refractivity contribution is 0.0954. The molecular formula is C20H21N3O. The first-order valence-electron chi connectivity index (χ1n) is 8.11. The molecule has 0 aliphatic heterocycles. The lowest BCUT2D eigenvalue weighted by Crippen LogP contribution is -2.26. The van der Waals surface area contributed by atoms with Crippen LogP contribution in [-0.4, -0.2) is 22.0 Å². The molecule has 2 aromatic carbocycles. The van der Waals surface area contributed by atoms with Gasteiger partial charge in [0, 0.05) is 37.5 Å². The molecule has 1 aromatic heterocycles. The molecule has 0 unspecified atom stereocenters. The number of amides is 1. The van der Waals surface area contributed by atoms with Gasteiger partial charge in [-0.25, -0.2) is 4.98 Å². The third-order valence-corrected chi connectivity index (χ3v) is 3.91. The molecule has 1 amide bonds. The summed E-state index contributed by atoms with van der Waals surface area (Å²) >= 11 is 0. The number of nitrogens with one attached hydrogen (secondary N) is 1. The van der Waals surface area contributed by atoms with Crippen LogP contribution in [0.15, 0.2) is 67.0 Å². The Kier molecular flexibility index (Phi) is 5.06. The van der Waals surface area contributed by atoms with Gasteiger partial charge in [0.25, 0.3) is 5.91 Å². The van der Waals surface area contributed by atoms with Gasteiger partial charge >= 0.3 is 0 Å². The van der Waals surface area contributed by atoms with Crippen molar-refractivity contribution in [3.63, 3.8) is 0 Å². The molecule has 3 aromatic rings. The summed E-state index contributed by atoms with van der Waals surface area (Å²) in [7, 11) is 0. The fraction of sp³-hybridized carbons (Fsp3) is 0.200. The van der Waals surface area contributed by atoms with Crippen LogP contribution in [-0.2, 0) is 13.0 Å². The van der Waals surface area contributed by atoms with Gasteiger partial charge in [0.1, 0.15) is 5.82 Å². The van der Waals surface area contributed by atoms with Gasteiger partial charge in [-0.1, -0.05) is 48.0 Å². The summed E-state index contributed by atoms with van der Waals surface area (Å²) < 4.78 is 2.12. The standard InChI is InChI=1S/C20H21N3O/c1-16-6-5-9-18(14-16)20(24)22-11-10-19-21-12-13-23(19)15-17-7-3-2-4-8-17/h2-9,12-14H,10-11,15H2,1H3,(H,22,24). The van der Waals surface area contributed by atoms with Crippen molar-refractivity contribution in [1.29, 1.82) is 0 Å². The van der Waals surface area contributed by atoms with Crippen molar-refractivity contribution in [3.05, 3.63) is 89.5 Å². The van der Waals surface area contributed by atoms with Gasteiger partial charge in [-0.05, 0) is 24.6 Å². The average molecular weight is 319 g/mol. The highest BCUT2D eigenvalue weighted by atomic mass is 16.1. The molecule has 0 fully saturated rings. The normalized spacial score (nSPS) is 10.5. The summed E-state index contributed by atoms with van der Waals surface area (Å²) in [6.07, 6.45) is 4.49. The Bertz CT molecular complexity index is 809. The molecule has 122 valence electrons. The average Bonchev–Trinajstić information content (AvgIpc) is 3.03. The third kappa shape index (κ3) is 4.10. The lowest BCUT2D eigenvalue weighted by Gasteiger charge is -2.09. The Morgan fingerprint density at radius 2 is 1.96 bits per heavy atom. The highest BCUT2D eigenvalue weighted by Gasteiger charge is 2.07. The number of hydrogen-bond acceptors (Lipinski definition) is 2. The molecule has 0 radical (unpaired) electrons. The van der Waals surface area contributed by atoms with Crippen LogP contribution >= 0.6 is 0 Å². The zero-order valence-corrected chi connectivity index (χ0v) is 13.8. The molecule has 24 heavy (non-hydrogen) atoms. The van der Waals surface area contributed by atoms with Crippen molar-refractivity contribution in [2.45, 2.75) is 19.9 Å². The fourth-order valence-corrected chi connectivity index (χ4v) is 2.67. The van der Waals surface area contributed by atoms with E-state index < -0.39 is 0 Å². The van der Waals surface area contributed by atoms with E-state index >= 15 is 0 Å². The second-order valence-electron chi connectivity index (χ2n) is 5.83. The van der Waals surface area contributed by atoms with Crippen LogP contribution in [0.4, 0.5) is 0 Å². The highest BCUT2D eigenvalue weighted by molar-refractivity contribution is 5.94. The second kappa shape index (κ2) is 7.59. The predicted molar refractivity (Wildman–Crippen MR) is 95.0 cm³/mol. The minimum atomic E-state index is -0.0418. The van der Waals surface area contributed by atoms with E-state index in [0.717, 1.165) is 17.9 Å². The molecule has 1 N–H and O–H groups in total. The highest BCUT2D eigenvalue weighted by Crippen LogP contribution is 2.07. The lowest BCUT2D eigenvalue weighted by atomic mass is 10.1. The summed E-state index contributed by atoms with van der Waals surface area (Å²) in [5.41, 5.74) is 3.02. The van der Waals surface area contributed by atoms with E-state index in [1.165, 1.54) is 5.56 Å². The van der Waals surface area contributed by atoms with Crippen LogP contribution in [0.5, 0.6) is 0 Å². The molecule has 0 aliphatic rings. The van der Waals surface area contributed by atoms with Crippen molar-refractivity contribution in [1.82, 2.24) is 14.9 Å². The molecule has 4 nitrogen and oxygen atoms in total. The monoisotopic (exact) mass is 319 g/mol. The zero-order valence-electron chi connectivity index (χ0n) is 13.8. The summed E-state index contributed by atoms with van der Waals surface area (Å²) in [6.45, 7) is 3.34. The van der Waals surface area contributed by atoms with Gasteiger partial charge < -0.3 is 9.88 Å². The number of nitrogens with zero attached hydrogens (tertiary/aromatic N) is 2. The predicted octanol–water partition coefficient (Wildman–Crippen LogP) is 3.21. The van der Waals surface area contributed by atoms with Crippen molar-refractivity contribution < 1.29 is 4.79 Å². The van der Waals surface area contributed by atoms with Crippen LogP contribution in [0.1, 0.15) is 27.3 Å². The van der Waals surface area contributed by atoms with Gasteiger partial charge in [-0.15, -0.1) is 0 Å². The van der Waals surface area contributed by atoms with Crippen LogP contribution in [0.25, 0.3) is 0 Å². The van der Waals surface area contributed by atoms with Crippen molar-refractivity contribution in [2.75, 3.05) is 6.54 Å². The van der Waals surface area contributed by atoms with Crippen LogP contribution in [0.2, 0.25) is 0 Å². The number of benzene rings is 2. The van der Waals surface area contributed by atoms with E-state index in [1.807, 2.05) is 55.6 Å². The van der Waals surface area contributed by atoms with Gasteiger partial charge in [0.15, 0.2) is 0 Å². The molecule has 0 saturated carbocycles. The van der Waals surface area contributed by atoms with E-state index in [0.29, 0.717) is 18.5 Å². The van der Waals surface area contributed by atoms with Gasteiger partial charge in [0.05, 0.1) is 0 Å². The third-order valence-electron chi connectivity index (χ3n) is 3.91. The summed E-state index contributed by atoms with van der Waals surface area (Å²) in [4.78, 5) is 16.6. The topological polar surface area (TPSA) is 46.9 Å².